The van der Waals surface area contributed by atoms with Gasteiger partial charge in [0.15, 0.2) is 0 Å². The summed E-state index contributed by atoms with van der Waals surface area (Å²) in [6, 6.07) is 8.89. The fraction of sp³-hybridized carbons (Fsp3) is 0.250. The Morgan fingerprint density at radius 3 is 2.60 bits per heavy atom. The predicted molar refractivity (Wildman–Crippen MR) is 111 cm³/mol. The Kier molecular flexibility index (Phi) is 5.84. The van der Waals surface area contributed by atoms with Crippen molar-refractivity contribution in [2.75, 3.05) is 32.7 Å². The molecule has 9 nitrogen and oxygen atoms in total. The van der Waals surface area contributed by atoms with Crippen molar-refractivity contribution in [1.29, 1.82) is 0 Å². The van der Waals surface area contributed by atoms with E-state index in [1.807, 2.05) is 17.5 Å². The first-order valence-corrected chi connectivity index (χ1v) is 10.3. The molecular weight excluding hydrogens is 404 g/mol. The predicted octanol–water partition coefficient (Wildman–Crippen LogP) is 1.25. The Bertz CT molecular complexity index is 1030. The van der Waals surface area contributed by atoms with Gasteiger partial charge in [0, 0.05) is 44.1 Å². The normalized spacial score (nSPS) is 13.9. The maximum absolute atomic E-state index is 12.7. The molecule has 30 heavy (non-hydrogen) atoms. The van der Waals surface area contributed by atoms with Gasteiger partial charge in [-0.05, 0) is 29.6 Å². The first kappa shape index (κ1) is 19.8. The maximum atomic E-state index is 12.7. The van der Waals surface area contributed by atoms with Gasteiger partial charge < -0.3 is 15.1 Å². The van der Waals surface area contributed by atoms with Crippen molar-refractivity contribution in [2.45, 2.75) is 0 Å². The third-order valence-corrected chi connectivity index (χ3v) is 5.70. The van der Waals surface area contributed by atoms with Gasteiger partial charge in [-0.1, -0.05) is 6.07 Å². The summed E-state index contributed by atoms with van der Waals surface area (Å²) in [6.07, 6.45) is 3.36. The molecule has 4 rings (SSSR count). The first-order valence-electron chi connectivity index (χ1n) is 9.46. The highest BCUT2D eigenvalue weighted by Crippen LogP contribution is 2.17. The number of pyridine rings is 1. The molecule has 4 heterocycles. The van der Waals surface area contributed by atoms with Crippen molar-refractivity contribution in [3.8, 4) is 11.3 Å². The van der Waals surface area contributed by atoms with Gasteiger partial charge in [0.1, 0.15) is 5.69 Å². The molecule has 1 saturated heterocycles. The number of H-pyrrole nitrogens is 1. The van der Waals surface area contributed by atoms with Crippen molar-refractivity contribution in [3.05, 3.63) is 58.7 Å². The molecule has 3 aromatic heterocycles. The second-order valence-electron chi connectivity index (χ2n) is 6.74. The van der Waals surface area contributed by atoms with Crippen LogP contribution in [0.4, 0.5) is 0 Å². The number of rotatable bonds is 5. The minimum Gasteiger partial charge on any atom is -0.342 e. The molecule has 3 aromatic rings. The summed E-state index contributed by atoms with van der Waals surface area (Å²) in [4.78, 5) is 45.1. The lowest BCUT2D eigenvalue weighted by Gasteiger charge is -2.34. The molecule has 3 amide bonds. The van der Waals surface area contributed by atoms with E-state index in [-0.39, 0.29) is 24.3 Å². The van der Waals surface area contributed by atoms with Crippen LogP contribution in [0.15, 0.2) is 48.1 Å². The number of aromatic amines is 1. The van der Waals surface area contributed by atoms with Gasteiger partial charge in [-0.2, -0.15) is 5.10 Å². The third-order valence-electron chi connectivity index (χ3n) is 4.83. The van der Waals surface area contributed by atoms with E-state index in [4.69, 9.17) is 0 Å². The van der Waals surface area contributed by atoms with Crippen LogP contribution in [-0.4, -0.2) is 75.4 Å². The SMILES string of the molecule is O=C(NCC(=O)N1CCN(C(=O)c2cc(-c3cccnc3)n[nH]2)CC1)c1cccs1. The number of amides is 3. The standard InChI is InChI=1S/C20H20N6O3S/c27-18(13-22-19(28)17-4-2-10-30-17)25-6-8-26(9-7-25)20(29)16-11-15(23-24-16)14-3-1-5-21-12-14/h1-5,10-12H,6-9,13H2,(H,22,28)(H,23,24). The molecular formula is C20H20N6O3S. The highest BCUT2D eigenvalue weighted by Gasteiger charge is 2.26. The summed E-state index contributed by atoms with van der Waals surface area (Å²) in [7, 11) is 0. The molecule has 2 N–H and O–H groups in total. The highest BCUT2D eigenvalue weighted by atomic mass is 32.1. The van der Waals surface area contributed by atoms with Crippen molar-refractivity contribution < 1.29 is 14.4 Å². The number of hydrogen-bond donors (Lipinski definition) is 2. The maximum Gasteiger partial charge on any atom is 0.272 e. The van der Waals surface area contributed by atoms with E-state index in [0.29, 0.717) is 42.4 Å². The van der Waals surface area contributed by atoms with Gasteiger partial charge in [0.05, 0.1) is 17.1 Å². The summed E-state index contributed by atoms with van der Waals surface area (Å²) in [5.74, 6) is -0.570. The zero-order valence-electron chi connectivity index (χ0n) is 16.1. The summed E-state index contributed by atoms with van der Waals surface area (Å²) in [5, 5.41) is 11.4. The molecule has 0 atom stereocenters. The van der Waals surface area contributed by atoms with Crippen molar-refractivity contribution in [2.24, 2.45) is 0 Å². The molecule has 1 aliphatic heterocycles. The van der Waals surface area contributed by atoms with Crippen LogP contribution in [0.2, 0.25) is 0 Å². The number of piperazine rings is 1. The number of carbonyl (C=O) groups excluding carboxylic acids is 3. The Morgan fingerprint density at radius 2 is 1.90 bits per heavy atom. The van der Waals surface area contributed by atoms with E-state index in [0.717, 1.165) is 5.56 Å². The molecule has 0 radical (unpaired) electrons. The average Bonchev–Trinajstić information content (AvgIpc) is 3.50. The fourth-order valence-electron chi connectivity index (χ4n) is 3.19. The summed E-state index contributed by atoms with van der Waals surface area (Å²) in [6.45, 7) is 1.63. The van der Waals surface area contributed by atoms with Gasteiger partial charge in [-0.3, -0.25) is 24.5 Å². The summed E-state index contributed by atoms with van der Waals surface area (Å²) >= 11 is 1.33. The minimum absolute atomic E-state index is 0.0559. The van der Waals surface area contributed by atoms with Crippen molar-refractivity contribution in [3.63, 3.8) is 0 Å². The molecule has 0 unspecified atom stereocenters. The number of nitrogens with one attached hydrogen (secondary N) is 2. The topological polar surface area (TPSA) is 111 Å². The lowest BCUT2D eigenvalue weighted by atomic mass is 10.2. The highest BCUT2D eigenvalue weighted by molar-refractivity contribution is 7.12. The molecule has 0 aromatic carbocycles. The van der Waals surface area contributed by atoms with Crippen molar-refractivity contribution >= 4 is 29.1 Å². The van der Waals surface area contributed by atoms with Crippen LogP contribution in [0.25, 0.3) is 11.3 Å². The third kappa shape index (κ3) is 4.38. The number of hydrogen-bond acceptors (Lipinski definition) is 6. The van der Waals surface area contributed by atoms with Crippen LogP contribution in [0.1, 0.15) is 20.2 Å². The second kappa shape index (κ2) is 8.87. The van der Waals surface area contributed by atoms with Gasteiger partial charge in [0.2, 0.25) is 5.91 Å². The summed E-state index contributed by atoms with van der Waals surface area (Å²) < 4.78 is 0. The molecule has 10 heteroatoms. The van der Waals surface area contributed by atoms with E-state index >= 15 is 0 Å². The van der Waals surface area contributed by atoms with Crippen molar-refractivity contribution in [1.82, 2.24) is 30.3 Å². The van der Waals surface area contributed by atoms with Crippen LogP contribution < -0.4 is 5.32 Å². The van der Waals surface area contributed by atoms with Crippen LogP contribution in [0.3, 0.4) is 0 Å². The van der Waals surface area contributed by atoms with E-state index in [1.54, 1.807) is 40.4 Å². The molecule has 1 fully saturated rings. The van der Waals surface area contributed by atoms with E-state index in [2.05, 4.69) is 20.5 Å². The molecule has 0 saturated carbocycles. The number of carbonyl (C=O) groups is 3. The fourth-order valence-corrected chi connectivity index (χ4v) is 3.83. The minimum atomic E-state index is -0.254. The molecule has 1 aliphatic rings. The van der Waals surface area contributed by atoms with Gasteiger partial charge in [-0.25, -0.2) is 0 Å². The number of aromatic nitrogens is 3. The molecule has 154 valence electrons. The Morgan fingerprint density at radius 1 is 1.10 bits per heavy atom. The Balaban J connectivity index is 1.28. The molecule has 0 bridgehead atoms. The van der Waals surface area contributed by atoms with Gasteiger partial charge in [-0.15, -0.1) is 11.3 Å². The van der Waals surface area contributed by atoms with Gasteiger partial charge >= 0.3 is 0 Å². The van der Waals surface area contributed by atoms with Crippen LogP contribution in [0, 0.1) is 0 Å². The van der Waals surface area contributed by atoms with Crippen LogP contribution >= 0.6 is 11.3 Å². The van der Waals surface area contributed by atoms with E-state index < -0.39 is 0 Å². The Hall–Kier alpha value is -3.53. The molecule has 0 spiro atoms. The van der Waals surface area contributed by atoms with E-state index in [1.165, 1.54) is 11.3 Å². The number of thiophene rings is 1. The number of nitrogens with zero attached hydrogens (tertiary/aromatic N) is 4. The quantitative estimate of drug-likeness (QED) is 0.640. The monoisotopic (exact) mass is 424 g/mol. The summed E-state index contributed by atoms with van der Waals surface area (Å²) in [5.41, 5.74) is 1.88. The molecule has 0 aliphatic carbocycles. The van der Waals surface area contributed by atoms with Crippen LogP contribution in [-0.2, 0) is 4.79 Å². The lowest BCUT2D eigenvalue weighted by Crippen LogP contribution is -2.52. The Labute approximate surface area is 176 Å². The largest absolute Gasteiger partial charge is 0.342 e. The van der Waals surface area contributed by atoms with Crippen LogP contribution in [0.5, 0.6) is 0 Å². The van der Waals surface area contributed by atoms with E-state index in [9.17, 15) is 14.4 Å². The zero-order valence-corrected chi connectivity index (χ0v) is 16.9. The lowest BCUT2D eigenvalue weighted by molar-refractivity contribution is -0.131. The smallest absolute Gasteiger partial charge is 0.272 e. The average molecular weight is 424 g/mol. The zero-order chi connectivity index (χ0) is 20.9. The first-order chi connectivity index (χ1) is 14.6. The van der Waals surface area contributed by atoms with Gasteiger partial charge in [0.25, 0.3) is 11.8 Å². The second-order valence-corrected chi connectivity index (χ2v) is 7.69.